The van der Waals surface area contributed by atoms with Gasteiger partial charge in [0.05, 0.1) is 0 Å². The van der Waals surface area contributed by atoms with E-state index in [-0.39, 0.29) is 0 Å². The predicted octanol–water partition coefficient (Wildman–Crippen LogP) is 4.41. The van der Waals surface area contributed by atoms with Crippen LogP contribution < -0.4 is 0 Å². The molecule has 1 nitrogen and oxygen atoms in total. The third-order valence-corrected chi connectivity index (χ3v) is 7.31. The smallest absolute Gasteiger partial charge is 0.130 e. The Morgan fingerprint density at radius 1 is 1.00 bits per heavy atom. The van der Waals surface area contributed by atoms with Crippen LogP contribution in [-0.2, 0) is 4.74 Å². The molecule has 68 valence electrons. The summed E-state index contributed by atoms with van der Waals surface area (Å²) in [5.41, 5.74) is -0.405. The molecule has 0 unspecified atom stereocenters. The van der Waals surface area contributed by atoms with Gasteiger partial charge in [0.25, 0.3) is 0 Å². The van der Waals surface area contributed by atoms with Crippen molar-refractivity contribution in [3.63, 3.8) is 0 Å². The Morgan fingerprint density at radius 2 is 1.33 bits per heavy atom. The van der Waals surface area contributed by atoms with Crippen molar-refractivity contribution in [3.8, 4) is 0 Å². The molecule has 0 spiro atoms. The number of methoxy groups -OCH3 is 1. The lowest BCUT2D eigenvalue weighted by atomic mass is 10.1. The van der Waals surface area contributed by atoms with Gasteiger partial charge >= 0.3 is 0 Å². The molecule has 12 heavy (non-hydrogen) atoms. The molecule has 0 aromatic carbocycles. The van der Waals surface area contributed by atoms with Gasteiger partial charge in [-0.3, -0.25) is 0 Å². The molecule has 5 heteroatoms. The number of hydrogen-bond donors (Lipinski definition) is 0. The Labute approximate surface area is 105 Å². The van der Waals surface area contributed by atoms with Gasteiger partial charge in [-0.05, 0) is 38.8 Å². The van der Waals surface area contributed by atoms with Crippen molar-refractivity contribution in [2.45, 2.75) is 12.5 Å². The van der Waals surface area contributed by atoms with Crippen molar-refractivity contribution < 1.29 is 4.74 Å². The van der Waals surface area contributed by atoms with E-state index < -0.39 is 5.60 Å². The average molecular weight is 426 g/mol. The van der Waals surface area contributed by atoms with Crippen LogP contribution in [0.2, 0.25) is 0 Å². The highest BCUT2D eigenvalue weighted by atomic mass is 79.9. The molecule has 0 aromatic rings. The fourth-order valence-electron chi connectivity index (χ4n) is 0.887. The van der Waals surface area contributed by atoms with Gasteiger partial charge in [-0.25, -0.2) is 0 Å². The van der Waals surface area contributed by atoms with Gasteiger partial charge in [0.2, 0.25) is 0 Å². The number of hydrogen-bond acceptors (Lipinski definition) is 1. The maximum absolute atomic E-state index is 5.39. The minimum atomic E-state index is -0.405. The first-order valence-electron chi connectivity index (χ1n) is 3.12. The maximum Gasteiger partial charge on any atom is 0.130 e. The van der Waals surface area contributed by atoms with Crippen molar-refractivity contribution in [2.24, 2.45) is 0 Å². The molecule has 0 bridgehead atoms. The summed E-state index contributed by atoms with van der Waals surface area (Å²) >= 11 is 13.8. The highest BCUT2D eigenvalue weighted by molar-refractivity contribution is 9.17. The summed E-state index contributed by atoms with van der Waals surface area (Å²) in [6.45, 7) is 1.98. The summed E-state index contributed by atoms with van der Waals surface area (Å²) in [4.78, 5) is 0. The van der Waals surface area contributed by atoms with E-state index in [4.69, 9.17) is 4.74 Å². The quantitative estimate of drug-likeness (QED) is 0.605. The van der Waals surface area contributed by atoms with E-state index in [1.807, 2.05) is 6.92 Å². The van der Waals surface area contributed by atoms with Crippen LogP contribution in [0.3, 0.4) is 0 Å². The predicted molar refractivity (Wildman–Crippen MR) is 65.2 cm³/mol. The van der Waals surface area contributed by atoms with Crippen LogP contribution in [0.25, 0.3) is 0 Å². The Morgan fingerprint density at radius 3 is 1.50 bits per heavy atom. The second kappa shape index (κ2) is 3.85. The molecule has 0 aliphatic heterocycles. The van der Waals surface area contributed by atoms with Crippen LogP contribution in [0.15, 0.2) is 17.9 Å². The molecule has 1 rings (SSSR count). The maximum atomic E-state index is 5.39. The number of ether oxygens (including phenoxy) is 1. The normalized spacial score (nSPS) is 22.5. The minimum Gasteiger partial charge on any atom is -0.368 e. The Kier molecular flexibility index (Phi) is 3.67. The molecule has 1 aliphatic carbocycles. The third kappa shape index (κ3) is 1.52. The second-order valence-electron chi connectivity index (χ2n) is 2.49. The van der Waals surface area contributed by atoms with E-state index in [2.05, 4.69) is 63.7 Å². The van der Waals surface area contributed by atoms with E-state index in [9.17, 15) is 0 Å². The second-order valence-corrected chi connectivity index (χ2v) is 5.67. The van der Waals surface area contributed by atoms with Crippen LogP contribution in [0, 0.1) is 0 Å². The zero-order valence-corrected chi connectivity index (χ0v) is 12.8. The molecule has 0 heterocycles. The van der Waals surface area contributed by atoms with Gasteiger partial charge in [-0.2, -0.15) is 0 Å². The van der Waals surface area contributed by atoms with Gasteiger partial charge in [0.1, 0.15) is 5.60 Å². The largest absolute Gasteiger partial charge is 0.368 e. The van der Waals surface area contributed by atoms with Crippen molar-refractivity contribution >= 4 is 63.7 Å². The Hall–Kier alpha value is 1.36. The summed E-state index contributed by atoms with van der Waals surface area (Å²) < 4.78 is 9.33. The lowest BCUT2D eigenvalue weighted by molar-refractivity contribution is 0.0877. The lowest BCUT2D eigenvalue weighted by Crippen LogP contribution is -2.25. The first-order chi connectivity index (χ1) is 5.45. The molecule has 0 saturated heterocycles. The number of allylic oxidation sites excluding steroid dienone is 2. The van der Waals surface area contributed by atoms with Gasteiger partial charge in [-0.1, -0.05) is 31.9 Å². The fourth-order valence-corrected chi connectivity index (χ4v) is 3.96. The SMILES string of the molecule is COC1(C)C(Br)=C(Br)C(Br)=C1Br. The first-order valence-corrected chi connectivity index (χ1v) is 6.29. The molecule has 0 fully saturated rings. The van der Waals surface area contributed by atoms with Gasteiger partial charge in [0, 0.05) is 25.0 Å². The molecule has 0 N–H and O–H groups in total. The standard InChI is InChI=1S/C7H6Br4O/c1-7(12-2)5(10)3(8)4(9)6(7)11/h1-2H3. The van der Waals surface area contributed by atoms with E-state index >= 15 is 0 Å². The van der Waals surface area contributed by atoms with Crippen molar-refractivity contribution in [3.05, 3.63) is 17.9 Å². The van der Waals surface area contributed by atoms with E-state index in [1.165, 1.54) is 0 Å². The zero-order chi connectivity index (χ0) is 9.52. The summed E-state index contributed by atoms with van der Waals surface area (Å²) in [6.07, 6.45) is 0. The van der Waals surface area contributed by atoms with Crippen molar-refractivity contribution in [1.29, 1.82) is 0 Å². The molecule has 0 radical (unpaired) electrons. The van der Waals surface area contributed by atoms with Crippen LogP contribution in [-0.4, -0.2) is 12.7 Å². The van der Waals surface area contributed by atoms with Gasteiger partial charge in [0.15, 0.2) is 0 Å². The van der Waals surface area contributed by atoms with Crippen molar-refractivity contribution in [2.75, 3.05) is 7.11 Å². The molecule has 0 saturated carbocycles. The highest BCUT2D eigenvalue weighted by Crippen LogP contribution is 2.52. The summed E-state index contributed by atoms with van der Waals surface area (Å²) in [5.74, 6) is 0. The molecular formula is C7H6Br4O. The number of halogens is 4. The van der Waals surface area contributed by atoms with Crippen LogP contribution in [0.4, 0.5) is 0 Å². The topological polar surface area (TPSA) is 9.23 Å². The van der Waals surface area contributed by atoms with Crippen molar-refractivity contribution in [1.82, 2.24) is 0 Å². The molecule has 1 aliphatic rings. The van der Waals surface area contributed by atoms with Crippen LogP contribution in [0.5, 0.6) is 0 Å². The number of rotatable bonds is 1. The average Bonchev–Trinajstić information content (AvgIpc) is 2.22. The summed E-state index contributed by atoms with van der Waals surface area (Å²) in [7, 11) is 1.67. The van der Waals surface area contributed by atoms with E-state index in [0.29, 0.717) is 0 Å². The molecule has 0 atom stereocenters. The monoisotopic (exact) mass is 422 g/mol. The molecule has 0 amide bonds. The Bertz CT molecular complexity index is 255. The van der Waals surface area contributed by atoms with Gasteiger partial charge in [-0.15, -0.1) is 0 Å². The minimum absolute atomic E-state index is 0.405. The van der Waals surface area contributed by atoms with Gasteiger partial charge < -0.3 is 4.74 Å². The molecular weight excluding hydrogens is 420 g/mol. The van der Waals surface area contributed by atoms with Crippen LogP contribution >= 0.6 is 63.7 Å². The van der Waals surface area contributed by atoms with E-state index in [1.54, 1.807) is 7.11 Å². The molecule has 0 aromatic heterocycles. The van der Waals surface area contributed by atoms with Crippen LogP contribution in [0.1, 0.15) is 6.92 Å². The highest BCUT2D eigenvalue weighted by Gasteiger charge is 2.40. The van der Waals surface area contributed by atoms with E-state index in [0.717, 1.165) is 17.9 Å². The summed E-state index contributed by atoms with van der Waals surface area (Å²) in [5, 5.41) is 0. The first kappa shape index (κ1) is 11.4. The summed E-state index contributed by atoms with van der Waals surface area (Å²) in [6, 6.07) is 0. The Balaban J connectivity index is 3.25. The fraction of sp³-hybridized carbons (Fsp3) is 0.429. The lowest BCUT2D eigenvalue weighted by Gasteiger charge is -2.23. The zero-order valence-electron chi connectivity index (χ0n) is 6.42. The third-order valence-electron chi connectivity index (χ3n) is 1.82.